The predicted octanol–water partition coefficient (Wildman–Crippen LogP) is 2.40. The Morgan fingerprint density at radius 3 is 2.79 bits per heavy atom. The molecule has 0 aliphatic heterocycles. The molecule has 0 aromatic carbocycles. The first-order valence-corrected chi connectivity index (χ1v) is 7.97. The van der Waals surface area contributed by atoms with E-state index in [-0.39, 0.29) is 0 Å². The lowest BCUT2D eigenvalue weighted by atomic mass is 9.87. The Balaban J connectivity index is 1.62. The Morgan fingerprint density at radius 2 is 2.11 bits per heavy atom. The summed E-state index contributed by atoms with van der Waals surface area (Å²) in [7, 11) is 0. The van der Waals surface area contributed by atoms with Gasteiger partial charge in [-0.25, -0.2) is 4.98 Å². The normalized spacial score (nSPS) is 21.9. The molecule has 2 saturated carbocycles. The molecule has 0 amide bonds. The summed E-state index contributed by atoms with van der Waals surface area (Å²) in [5.41, 5.74) is 0. The van der Waals surface area contributed by atoms with Crippen LogP contribution in [-0.4, -0.2) is 27.4 Å². The zero-order valence-corrected chi connectivity index (χ0v) is 12.0. The molecule has 0 bridgehead atoms. The van der Waals surface area contributed by atoms with Crippen molar-refractivity contribution in [3.63, 3.8) is 0 Å². The van der Waals surface area contributed by atoms with Crippen LogP contribution in [-0.2, 0) is 13.0 Å². The molecule has 1 aromatic heterocycles. The van der Waals surface area contributed by atoms with Crippen LogP contribution in [0, 0.1) is 11.8 Å². The molecule has 2 aliphatic rings. The van der Waals surface area contributed by atoms with E-state index in [4.69, 9.17) is 0 Å². The van der Waals surface area contributed by atoms with E-state index in [0.717, 1.165) is 30.8 Å². The summed E-state index contributed by atoms with van der Waals surface area (Å²) in [6.07, 6.45) is 11.2. The Labute approximate surface area is 116 Å². The molecule has 4 heteroatoms. The lowest BCUT2D eigenvalue weighted by molar-refractivity contribution is 0.311. The Morgan fingerprint density at radius 1 is 1.32 bits per heavy atom. The van der Waals surface area contributed by atoms with Crippen molar-refractivity contribution >= 4 is 0 Å². The maximum absolute atomic E-state index is 4.47. The van der Waals surface area contributed by atoms with Crippen LogP contribution in [0.3, 0.4) is 0 Å². The van der Waals surface area contributed by atoms with Crippen molar-refractivity contribution in [2.75, 3.05) is 6.54 Å². The molecule has 4 nitrogen and oxygen atoms in total. The number of nitrogens with zero attached hydrogens (tertiary/aromatic N) is 3. The lowest BCUT2D eigenvalue weighted by Gasteiger charge is -2.23. The summed E-state index contributed by atoms with van der Waals surface area (Å²) < 4.78 is 2.05. The van der Waals surface area contributed by atoms with Crippen molar-refractivity contribution in [3.05, 3.63) is 12.2 Å². The molecular formula is C15H26N4. The van der Waals surface area contributed by atoms with Crippen LogP contribution in [0.15, 0.2) is 6.33 Å². The maximum Gasteiger partial charge on any atom is 0.138 e. The van der Waals surface area contributed by atoms with E-state index >= 15 is 0 Å². The van der Waals surface area contributed by atoms with E-state index in [1.165, 1.54) is 50.9 Å². The molecule has 1 atom stereocenters. The summed E-state index contributed by atoms with van der Waals surface area (Å²) in [4.78, 5) is 4.47. The minimum atomic E-state index is 0.748. The van der Waals surface area contributed by atoms with Gasteiger partial charge in [-0.15, -0.1) is 0 Å². The van der Waals surface area contributed by atoms with Crippen molar-refractivity contribution < 1.29 is 0 Å². The zero-order chi connectivity index (χ0) is 13.1. The van der Waals surface area contributed by atoms with E-state index in [1.54, 1.807) is 6.33 Å². The molecule has 0 radical (unpaired) electrons. The minimum Gasteiger partial charge on any atom is -0.314 e. The fraction of sp³-hybridized carbons (Fsp3) is 0.867. The fourth-order valence-corrected chi connectivity index (χ4v) is 3.38. The monoisotopic (exact) mass is 262 g/mol. The first-order chi connectivity index (χ1) is 9.36. The van der Waals surface area contributed by atoms with Crippen LogP contribution in [0.5, 0.6) is 0 Å². The van der Waals surface area contributed by atoms with Gasteiger partial charge in [0, 0.05) is 19.0 Å². The van der Waals surface area contributed by atoms with Crippen LogP contribution < -0.4 is 5.32 Å². The molecule has 1 heterocycles. The fourth-order valence-electron chi connectivity index (χ4n) is 3.38. The number of aryl methyl sites for hydroxylation is 1. The van der Waals surface area contributed by atoms with Crippen LogP contribution in [0.4, 0.5) is 0 Å². The first kappa shape index (κ1) is 13.1. The molecule has 19 heavy (non-hydrogen) atoms. The van der Waals surface area contributed by atoms with Gasteiger partial charge in [0.25, 0.3) is 0 Å². The van der Waals surface area contributed by atoms with Crippen LogP contribution in [0.25, 0.3) is 0 Å². The average Bonchev–Trinajstić information content (AvgIpc) is 2.93. The zero-order valence-electron chi connectivity index (χ0n) is 12.0. The molecule has 106 valence electrons. The minimum absolute atomic E-state index is 0.748. The summed E-state index contributed by atoms with van der Waals surface area (Å²) >= 11 is 0. The molecule has 1 aromatic rings. The van der Waals surface area contributed by atoms with Gasteiger partial charge in [0.1, 0.15) is 12.2 Å². The predicted molar refractivity (Wildman–Crippen MR) is 75.9 cm³/mol. The van der Waals surface area contributed by atoms with Gasteiger partial charge in [0.15, 0.2) is 0 Å². The molecule has 2 fully saturated rings. The second-order valence-corrected chi connectivity index (χ2v) is 6.18. The Hall–Kier alpha value is -0.900. The van der Waals surface area contributed by atoms with Gasteiger partial charge in [-0.1, -0.05) is 25.7 Å². The van der Waals surface area contributed by atoms with Gasteiger partial charge >= 0.3 is 0 Å². The van der Waals surface area contributed by atoms with Gasteiger partial charge in [0.05, 0.1) is 0 Å². The SMILES string of the molecule is CCn1ncnc1CC(CNC1CC1)C1CCCC1. The number of rotatable bonds is 7. The third-order valence-electron chi connectivity index (χ3n) is 4.75. The van der Waals surface area contributed by atoms with Crippen molar-refractivity contribution in [2.24, 2.45) is 11.8 Å². The largest absolute Gasteiger partial charge is 0.314 e. The van der Waals surface area contributed by atoms with E-state index in [2.05, 4.69) is 27.0 Å². The molecule has 1 unspecified atom stereocenters. The highest BCUT2D eigenvalue weighted by Gasteiger charge is 2.29. The smallest absolute Gasteiger partial charge is 0.138 e. The first-order valence-electron chi connectivity index (χ1n) is 7.97. The highest BCUT2D eigenvalue weighted by Crippen LogP contribution is 2.33. The van der Waals surface area contributed by atoms with E-state index < -0.39 is 0 Å². The molecule has 1 N–H and O–H groups in total. The Kier molecular flexibility index (Phi) is 4.16. The van der Waals surface area contributed by atoms with Crippen LogP contribution >= 0.6 is 0 Å². The maximum atomic E-state index is 4.47. The highest BCUT2D eigenvalue weighted by atomic mass is 15.3. The quantitative estimate of drug-likeness (QED) is 0.820. The highest BCUT2D eigenvalue weighted by molar-refractivity contribution is 4.92. The third-order valence-corrected chi connectivity index (χ3v) is 4.75. The van der Waals surface area contributed by atoms with Crippen LogP contribution in [0.1, 0.15) is 51.3 Å². The van der Waals surface area contributed by atoms with Gasteiger partial charge in [-0.2, -0.15) is 5.10 Å². The van der Waals surface area contributed by atoms with E-state index in [9.17, 15) is 0 Å². The number of nitrogens with one attached hydrogen (secondary N) is 1. The summed E-state index contributed by atoms with van der Waals surface area (Å²) in [5, 5.41) is 8.03. The average molecular weight is 262 g/mol. The lowest BCUT2D eigenvalue weighted by Crippen LogP contribution is -2.31. The van der Waals surface area contributed by atoms with Gasteiger partial charge in [-0.3, -0.25) is 4.68 Å². The topological polar surface area (TPSA) is 42.7 Å². The second-order valence-electron chi connectivity index (χ2n) is 6.18. The molecule has 0 saturated heterocycles. The van der Waals surface area contributed by atoms with Crippen molar-refractivity contribution in [2.45, 2.75) is 64.5 Å². The number of aromatic nitrogens is 3. The molecular weight excluding hydrogens is 236 g/mol. The summed E-state index contributed by atoms with van der Waals surface area (Å²) in [6, 6.07) is 0.813. The van der Waals surface area contributed by atoms with E-state index in [0.29, 0.717) is 0 Å². The number of hydrogen-bond donors (Lipinski definition) is 1. The van der Waals surface area contributed by atoms with E-state index in [1.807, 2.05) is 0 Å². The number of hydrogen-bond acceptors (Lipinski definition) is 3. The molecule has 2 aliphatic carbocycles. The van der Waals surface area contributed by atoms with Crippen molar-refractivity contribution in [1.82, 2.24) is 20.1 Å². The second kappa shape index (κ2) is 6.04. The van der Waals surface area contributed by atoms with Crippen molar-refractivity contribution in [1.29, 1.82) is 0 Å². The molecule has 0 spiro atoms. The third kappa shape index (κ3) is 3.35. The van der Waals surface area contributed by atoms with Gasteiger partial charge in [0.2, 0.25) is 0 Å². The van der Waals surface area contributed by atoms with Gasteiger partial charge < -0.3 is 5.32 Å². The summed E-state index contributed by atoms with van der Waals surface area (Å²) in [5.74, 6) is 2.82. The van der Waals surface area contributed by atoms with Gasteiger partial charge in [-0.05, 0) is 38.1 Å². The summed E-state index contributed by atoms with van der Waals surface area (Å²) in [6.45, 7) is 4.25. The van der Waals surface area contributed by atoms with Crippen molar-refractivity contribution in [3.8, 4) is 0 Å². The molecule has 3 rings (SSSR count). The van der Waals surface area contributed by atoms with Crippen LogP contribution in [0.2, 0.25) is 0 Å². The Bertz CT molecular complexity index is 391. The standard InChI is InChI=1S/C15H26N4/c1-2-19-15(17-11-18-19)9-13(10-16-14-7-8-14)12-5-3-4-6-12/h11-14,16H,2-10H2,1H3.